The molecule has 0 saturated heterocycles. The molecule has 0 aliphatic heterocycles. The molecule has 4 N–H and O–H groups in total. The Labute approximate surface area is 102 Å². The number of phenolic OH excluding ortho intramolecular Hbond substituents is 4. The predicted octanol–water partition coefficient (Wildman–Crippen LogP) is 2.82. The van der Waals surface area contributed by atoms with Crippen LogP contribution in [0.15, 0.2) is 36.4 Å². The van der Waals surface area contributed by atoms with Crippen molar-refractivity contribution in [1.29, 1.82) is 0 Å². The Morgan fingerprint density at radius 3 is 2.00 bits per heavy atom. The van der Waals surface area contributed by atoms with E-state index in [-0.39, 0.29) is 23.0 Å². The van der Waals surface area contributed by atoms with Crippen molar-refractivity contribution >= 4 is 21.5 Å². The van der Waals surface area contributed by atoms with Crippen LogP contribution in [0.1, 0.15) is 0 Å². The van der Waals surface area contributed by atoms with Crippen molar-refractivity contribution in [2.45, 2.75) is 0 Å². The van der Waals surface area contributed by atoms with Gasteiger partial charge in [-0.05, 0) is 34.4 Å². The van der Waals surface area contributed by atoms with Crippen molar-refractivity contribution in [3.05, 3.63) is 36.4 Å². The standard InChI is InChI=1S/C14H10O4/c15-10-4-3-7-1-2-8-5-11(16)12(17)6-9(8)13(7)14(10)18/h1-6,15-18H. The summed E-state index contributed by atoms with van der Waals surface area (Å²) in [6, 6.07) is 9.40. The molecule has 0 bridgehead atoms. The second-order valence-corrected chi connectivity index (χ2v) is 4.16. The zero-order chi connectivity index (χ0) is 12.9. The lowest BCUT2D eigenvalue weighted by Gasteiger charge is -2.08. The molecule has 0 aliphatic rings. The lowest BCUT2D eigenvalue weighted by atomic mass is 10.0. The van der Waals surface area contributed by atoms with Gasteiger partial charge in [0.25, 0.3) is 0 Å². The molecule has 0 amide bonds. The Bertz CT molecular complexity index is 778. The van der Waals surface area contributed by atoms with Crippen LogP contribution in [0.5, 0.6) is 23.0 Å². The van der Waals surface area contributed by atoms with Crippen molar-refractivity contribution in [3.8, 4) is 23.0 Å². The first-order chi connectivity index (χ1) is 8.58. The number of hydrogen-bond acceptors (Lipinski definition) is 4. The van der Waals surface area contributed by atoms with Crippen LogP contribution in [0.2, 0.25) is 0 Å². The average Bonchev–Trinajstić information content (AvgIpc) is 2.35. The monoisotopic (exact) mass is 242 g/mol. The van der Waals surface area contributed by atoms with Gasteiger partial charge in [0.1, 0.15) is 0 Å². The van der Waals surface area contributed by atoms with Crippen molar-refractivity contribution in [2.24, 2.45) is 0 Å². The number of hydrogen-bond donors (Lipinski definition) is 4. The maximum absolute atomic E-state index is 9.92. The average molecular weight is 242 g/mol. The Hall–Kier alpha value is -2.62. The van der Waals surface area contributed by atoms with Crippen molar-refractivity contribution in [2.75, 3.05) is 0 Å². The first-order valence-corrected chi connectivity index (χ1v) is 5.37. The Kier molecular flexibility index (Phi) is 2.01. The summed E-state index contributed by atoms with van der Waals surface area (Å²) in [6.07, 6.45) is 0. The van der Waals surface area contributed by atoms with E-state index in [2.05, 4.69) is 0 Å². The van der Waals surface area contributed by atoms with E-state index in [0.29, 0.717) is 16.2 Å². The minimum atomic E-state index is -0.266. The molecule has 3 rings (SSSR count). The van der Waals surface area contributed by atoms with Crippen LogP contribution in [0.3, 0.4) is 0 Å². The Morgan fingerprint density at radius 2 is 1.22 bits per heavy atom. The SMILES string of the molecule is Oc1cc2ccc3ccc(O)c(O)c3c2cc1O. The molecule has 0 heterocycles. The van der Waals surface area contributed by atoms with Gasteiger partial charge in [-0.1, -0.05) is 18.2 Å². The van der Waals surface area contributed by atoms with Crippen molar-refractivity contribution < 1.29 is 20.4 Å². The maximum atomic E-state index is 9.92. The summed E-state index contributed by atoms with van der Waals surface area (Å²) < 4.78 is 0. The molecule has 4 nitrogen and oxygen atoms in total. The number of rotatable bonds is 0. The van der Waals surface area contributed by atoms with Gasteiger partial charge in [0.05, 0.1) is 0 Å². The highest BCUT2D eigenvalue weighted by Crippen LogP contribution is 2.41. The van der Waals surface area contributed by atoms with Gasteiger partial charge in [-0.15, -0.1) is 0 Å². The van der Waals surface area contributed by atoms with Crippen molar-refractivity contribution in [3.63, 3.8) is 0 Å². The zero-order valence-corrected chi connectivity index (χ0v) is 9.25. The third kappa shape index (κ3) is 1.32. The molecule has 3 aromatic rings. The third-order valence-corrected chi connectivity index (χ3v) is 3.05. The number of aromatic hydroxyl groups is 4. The van der Waals surface area contributed by atoms with Crippen LogP contribution in [0.25, 0.3) is 21.5 Å². The number of fused-ring (bicyclic) bond motifs is 3. The second-order valence-electron chi connectivity index (χ2n) is 4.16. The summed E-state index contributed by atoms with van der Waals surface area (Å²) in [5.74, 6) is -0.940. The molecule has 0 aromatic heterocycles. The Balaban J connectivity index is 2.59. The zero-order valence-electron chi connectivity index (χ0n) is 9.25. The molecule has 0 spiro atoms. The molecule has 3 aromatic carbocycles. The van der Waals surface area contributed by atoms with Gasteiger partial charge in [0.15, 0.2) is 23.0 Å². The predicted molar refractivity (Wildman–Crippen MR) is 68.1 cm³/mol. The lowest BCUT2D eigenvalue weighted by Crippen LogP contribution is -1.80. The molecule has 0 saturated carbocycles. The molecular weight excluding hydrogens is 232 g/mol. The van der Waals surface area contributed by atoms with E-state index in [1.54, 1.807) is 18.2 Å². The fourth-order valence-corrected chi connectivity index (χ4v) is 2.14. The van der Waals surface area contributed by atoms with E-state index in [1.807, 2.05) is 0 Å². The van der Waals surface area contributed by atoms with E-state index in [1.165, 1.54) is 18.2 Å². The highest BCUT2D eigenvalue weighted by atomic mass is 16.3. The first kappa shape index (κ1) is 10.5. The minimum Gasteiger partial charge on any atom is -0.504 e. The van der Waals surface area contributed by atoms with Gasteiger partial charge in [-0.25, -0.2) is 0 Å². The quantitative estimate of drug-likeness (QED) is 0.361. The largest absolute Gasteiger partial charge is 0.504 e. The van der Waals surface area contributed by atoms with E-state index < -0.39 is 0 Å². The summed E-state index contributed by atoms with van der Waals surface area (Å²) in [4.78, 5) is 0. The number of benzene rings is 3. The Morgan fingerprint density at radius 1 is 0.611 bits per heavy atom. The molecule has 4 heteroatoms. The summed E-state index contributed by atoms with van der Waals surface area (Å²) in [5, 5.41) is 40.9. The van der Waals surface area contributed by atoms with Gasteiger partial charge in [0.2, 0.25) is 0 Å². The third-order valence-electron chi connectivity index (χ3n) is 3.05. The van der Waals surface area contributed by atoms with Crippen molar-refractivity contribution in [1.82, 2.24) is 0 Å². The highest BCUT2D eigenvalue weighted by molar-refractivity contribution is 6.12. The second kappa shape index (κ2) is 3.43. The van der Waals surface area contributed by atoms with Crippen LogP contribution in [-0.2, 0) is 0 Å². The summed E-state index contributed by atoms with van der Waals surface area (Å²) in [6.45, 7) is 0. The van der Waals surface area contributed by atoms with Gasteiger partial charge in [-0.3, -0.25) is 0 Å². The van der Waals surface area contributed by atoms with Crippen LogP contribution in [-0.4, -0.2) is 20.4 Å². The summed E-state index contributed by atoms with van der Waals surface area (Å²) in [7, 11) is 0. The maximum Gasteiger partial charge on any atom is 0.166 e. The molecule has 90 valence electrons. The number of phenols is 4. The van der Waals surface area contributed by atoms with Gasteiger partial charge >= 0.3 is 0 Å². The van der Waals surface area contributed by atoms with Crippen LogP contribution in [0.4, 0.5) is 0 Å². The normalized spacial score (nSPS) is 11.1. The van der Waals surface area contributed by atoms with Gasteiger partial charge in [0, 0.05) is 5.39 Å². The fraction of sp³-hybridized carbons (Fsp3) is 0. The van der Waals surface area contributed by atoms with Gasteiger partial charge < -0.3 is 20.4 Å². The molecule has 0 fully saturated rings. The summed E-state index contributed by atoms with van der Waals surface area (Å²) in [5.41, 5.74) is 0. The topological polar surface area (TPSA) is 80.9 Å². The highest BCUT2D eigenvalue weighted by Gasteiger charge is 2.11. The van der Waals surface area contributed by atoms with Crippen LogP contribution in [0, 0.1) is 0 Å². The lowest BCUT2D eigenvalue weighted by molar-refractivity contribution is 0.404. The van der Waals surface area contributed by atoms with E-state index >= 15 is 0 Å². The molecule has 0 atom stereocenters. The molecule has 0 radical (unpaired) electrons. The molecular formula is C14H10O4. The first-order valence-electron chi connectivity index (χ1n) is 5.37. The van der Waals surface area contributed by atoms with E-state index in [4.69, 9.17) is 0 Å². The summed E-state index contributed by atoms with van der Waals surface area (Å²) >= 11 is 0. The fourth-order valence-electron chi connectivity index (χ4n) is 2.14. The molecule has 18 heavy (non-hydrogen) atoms. The van der Waals surface area contributed by atoms with E-state index in [9.17, 15) is 20.4 Å². The molecule has 0 unspecified atom stereocenters. The van der Waals surface area contributed by atoms with Crippen LogP contribution < -0.4 is 0 Å². The van der Waals surface area contributed by atoms with E-state index in [0.717, 1.165) is 5.39 Å². The van der Waals surface area contributed by atoms with Crippen LogP contribution >= 0.6 is 0 Å². The van der Waals surface area contributed by atoms with Gasteiger partial charge in [-0.2, -0.15) is 0 Å². The smallest absolute Gasteiger partial charge is 0.166 e. The minimum absolute atomic E-state index is 0.220. The molecule has 0 aliphatic carbocycles.